The van der Waals surface area contributed by atoms with Gasteiger partial charge in [-0.05, 0) is 50.6 Å². The van der Waals surface area contributed by atoms with Gasteiger partial charge in [-0.25, -0.2) is 9.97 Å². The number of amides is 1. The van der Waals surface area contributed by atoms with Crippen molar-refractivity contribution in [3.8, 4) is 0 Å². The van der Waals surface area contributed by atoms with E-state index in [9.17, 15) is 4.79 Å². The summed E-state index contributed by atoms with van der Waals surface area (Å²) in [6.07, 6.45) is 3.57. The van der Waals surface area contributed by atoms with Crippen LogP contribution in [-0.2, 0) is 0 Å². The molecule has 1 aromatic carbocycles. The summed E-state index contributed by atoms with van der Waals surface area (Å²) in [4.78, 5) is 22.0. The first kappa shape index (κ1) is 18.4. The molecule has 0 radical (unpaired) electrons. The van der Waals surface area contributed by atoms with Crippen molar-refractivity contribution < 1.29 is 4.79 Å². The summed E-state index contributed by atoms with van der Waals surface area (Å²) in [6, 6.07) is 11.7. The van der Waals surface area contributed by atoms with E-state index in [0.717, 1.165) is 25.6 Å². The SMILES string of the molecule is Cc1ccc(Sc2cnc(Nc3ccccn3)s2)cc1C(=O)NC(C)C. The Balaban J connectivity index is 1.72. The standard InChI is InChI=1S/C19H20N4OS2/c1-12(2)22-18(24)15-10-14(8-7-13(15)3)25-17-11-21-19(26-17)23-16-6-4-5-9-20-16/h4-12H,1-3H3,(H,22,24)(H,20,21,23). The summed E-state index contributed by atoms with van der Waals surface area (Å²) in [6.45, 7) is 5.86. The molecular formula is C19H20N4OS2. The molecule has 0 fully saturated rings. The number of aromatic nitrogens is 2. The minimum Gasteiger partial charge on any atom is -0.350 e. The van der Waals surface area contributed by atoms with Gasteiger partial charge in [-0.1, -0.05) is 35.2 Å². The average molecular weight is 385 g/mol. The second-order valence-electron chi connectivity index (χ2n) is 6.03. The zero-order valence-electron chi connectivity index (χ0n) is 14.8. The van der Waals surface area contributed by atoms with Crippen molar-refractivity contribution in [3.05, 3.63) is 59.9 Å². The van der Waals surface area contributed by atoms with E-state index in [1.807, 2.05) is 63.4 Å². The largest absolute Gasteiger partial charge is 0.350 e. The number of thiazole rings is 1. The highest BCUT2D eigenvalue weighted by Crippen LogP contribution is 2.35. The summed E-state index contributed by atoms with van der Waals surface area (Å²) in [5.41, 5.74) is 1.68. The predicted molar refractivity (Wildman–Crippen MR) is 108 cm³/mol. The van der Waals surface area contributed by atoms with Crippen LogP contribution in [0.3, 0.4) is 0 Å². The van der Waals surface area contributed by atoms with Crippen LogP contribution in [0.25, 0.3) is 0 Å². The van der Waals surface area contributed by atoms with Gasteiger partial charge in [-0.2, -0.15) is 0 Å². The van der Waals surface area contributed by atoms with Gasteiger partial charge in [0.25, 0.3) is 5.91 Å². The summed E-state index contributed by atoms with van der Waals surface area (Å²) < 4.78 is 1.04. The molecular weight excluding hydrogens is 364 g/mol. The van der Waals surface area contributed by atoms with E-state index in [1.165, 1.54) is 0 Å². The Morgan fingerprint density at radius 3 is 2.77 bits per heavy atom. The van der Waals surface area contributed by atoms with E-state index < -0.39 is 0 Å². The fourth-order valence-electron chi connectivity index (χ4n) is 2.28. The van der Waals surface area contributed by atoms with Crippen LogP contribution in [-0.4, -0.2) is 21.9 Å². The molecule has 2 aromatic heterocycles. The number of aryl methyl sites for hydroxylation is 1. The molecule has 0 aliphatic heterocycles. The van der Waals surface area contributed by atoms with Gasteiger partial charge in [0.1, 0.15) is 5.82 Å². The molecule has 5 nitrogen and oxygen atoms in total. The number of pyridine rings is 1. The van der Waals surface area contributed by atoms with Gasteiger partial charge in [0.05, 0.1) is 10.4 Å². The maximum absolute atomic E-state index is 12.3. The topological polar surface area (TPSA) is 66.9 Å². The molecule has 26 heavy (non-hydrogen) atoms. The highest BCUT2D eigenvalue weighted by molar-refractivity contribution is 8.01. The molecule has 1 amide bonds. The van der Waals surface area contributed by atoms with Crippen LogP contribution in [0.5, 0.6) is 0 Å². The van der Waals surface area contributed by atoms with Crippen LogP contribution in [0.2, 0.25) is 0 Å². The van der Waals surface area contributed by atoms with Crippen molar-refractivity contribution in [2.45, 2.75) is 35.9 Å². The summed E-state index contributed by atoms with van der Waals surface area (Å²) in [7, 11) is 0. The Morgan fingerprint density at radius 2 is 2.04 bits per heavy atom. The fraction of sp³-hybridized carbons (Fsp3) is 0.211. The van der Waals surface area contributed by atoms with Crippen LogP contribution < -0.4 is 10.6 Å². The second-order valence-corrected chi connectivity index (χ2v) is 8.44. The Morgan fingerprint density at radius 1 is 1.19 bits per heavy atom. The Bertz CT molecular complexity index is 894. The van der Waals surface area contributed by atoms with E-state index in [1.54, 1.807) is 29.3 Å². The van der Waals surface area contributed by atoms with Crippen molar-refractivity contribution in [1.82, 2.24) is 15.3 Å². The van der Waals surface area contributed by atoms with Crippen LogP contribution in [0.4, 0.5) is 10.9 Å². The number of hydrogen-bond acceptors (Lipinski definition) is 6. The van der Waals surface area contributed by atoms with Gasteiger partial charge in [-0.15, -0.1) is 0 Å². The Kier molecular flexibility index (Phi) is 5.90. The molecule has 7 heteroatoms. The Hall–Kier alpha value is -2.38. The molecule has 0 spiro atoms. The van der Waals surface area contributed by atoms with E-state index in [4.69, 9.17) is 0 Å². The fourth-order valence-corrected chi connectivity index (χ4v) is 4.18. The molecule has 134 valence electrons. The van der Waals surface area contributed by atoms with Gasteiger partial charge < -0.3 is 10.6 Å². The number of nitrogens with zero attached hydrogens (tertiary/aromatic N) is 2. The van der Waals surface area contributed by atoms with Gasteiger partial charge in [0.2, 0.25) is 0 Å². The number of nitrogens with one attached hydrogen (secondary N) is 2. The van der Waals surface area contributed by atoms with E-state index in [2.05, 4.69) is 20.6 Å². The lowest BCUT2D eigenvalue weighted by Crippen LogP contribution is -2.30. The molecule has 0 unspecified atom stereocenters. The predicted octanol–water partition coefficient (Wildman–Crippen LogP) is 4.88. The minimum atomic E-state index is -0.0400. The summed E-state index contributed by atoms with van der Waals surface area (Å²) in [5, 5.41) is 6.92. The van der Waals surface area contributed by atoms with Crippen molar-refractivity contribution in [2.24, 2.45) is 0 Å². The van der Waals surface area contributed by atoms with Crippen molar-refractivity contribution in [1.29, 1.82) is 0 Å². The number of benzene rings is 1. The first-order valence-corrected chi connectivity index (χ1v) is 9.88. The van der Waals surface area contributed by atoms with Crippen molar-refractivity contribution in [2.75, 3.05) is 5.32 Å². The monoisotopic (exact) mass is 384 g/mol. The number of hydrogen-bond donors (Lipinski definition) is 2. The summed E-state index contributed by atoms with van der Waals surface area (Å²) in [5.74, 6) is 0.725. The van der Waals surface area contributed by atoms with Crippen molar-refractivity contribution in [3.63, 3.8) is 0 Å². The molecule has 0 bridgehead atoms. The third-order valence-corrected chi connectivity index (χ3v) is 5.48. The maximum atomic E-state index is 12.3. The van der Waals surface area contributed by atoms with E-state index >= 15 is 0 Å². The van der Waals surface area contributed by atoms with Crippen LogP contribution in [0.1, 0.15) is 29.8 Å². The zero-order chi connectivity index (χ0) is 18.5. The highest BCUT2D eigenvalue weighted by Gasteiger charge is 2.12. The first-order valence-electron chi connectivity index (χ1n) is 8.24. The number of rotatable bonds is 6. The highest BCUT2D eigenvalue weighted by atomic mass is 32.2. The average Bonchev–Trinajstić information content (AvgIpc) is 3.03. The lowest BCUT2D eigenvalue weighted by molar-refractivity contribution is 0.0942. The molecule has 2 heterocycles. The molecule has 0 aliphatic carbocycles. The summed E-state index contributed by atoms with van der Waals surface area (Å²) >= 11 is 3.15. The van der Waals surface area contributed by atoms with Crippen molar-refractivity contribution >= 4 is 40.0 Å². The number of carbonyl (C=O) groups excluding carboxylic acids is 1. The lowest BCUT2D eigenvalue weighted by Gasteiger charge is -2.11. The first-order chi connectivity index (χ1) is 12.5. The molecule has 0 atom stereocenters. The molecule has 0 saturated carbocycles. The third kappa shape index (κ3) is 4.83. The normalized spacial score (nSPS) is 10.8. The van der Waals surface area contributed by atoms with Gasteiger partial charge >= 0.3 is 0 Å². The van der Waals surface area contributed by atoms with Gasteiger partial charge in [0, 0.05) is 22.7 Å². The van der Waals surface area contributed by atoms with Gasteiger partial charge in [0.15, 0.2) is 5.13 Å². The number of carbonyl (C=O) groups is 1. The van der Waals surface area contributed by atoms with Crippen LogP contribution in [0.15, 0.2) is 57.9 Å². The smallest absolute Gasteiger partial charge is 0.251 e. The second kappa shape index (κ2) is 8.33. The Labute approximate surface area is 161 Å². The maximum Gasteiger partial charge on any atom is 0.251 e. The lowest BCUT2D eigenvalue weighted by atomic mass is 10.1. The van der Waals surface area contributed by atoms with E-state index in [-0.39, 0.29) is 11.9 Å². The quantitative estimate of drug-likeness (QED) is 0.634. The van der Waals surface area contributed by atoms with Crippen LogP contribution >= 0.6 is 23.1 Å². The van der Waals surface area contributed by atoms with Gasteiger partial charge in [-0.3, -0.25) is 4.79 Å². The number of anilines is 2. The molecule has 2 N–H and O–H groups in total. The third-order valence-electron chi connectivity index (χ3n) is 3.48. The molecule has 3 aromatic rings. The van der Waals surface area contributed by atoms with E-state index in [0.29, 0.717) is 5.56 Å². The molecule has 0 aliphatic rings. The van der Waals surface area contributed by atoms with Crippen LogP contribution in [0, 0.1) is 6.92 Å². The molecule has 3 rings (SSSR count). The molecule has 0 saturated heterocycles. The zero-order valence-corrected chi connectivity index (χ0v) is 16.4. The minimum absolute atomic E-state index is 0.0400.